The number of rotatable bonds is 13. The fraction of sp³-hybridized carbons (Fsp3) is 0.938. The predicted molar refractivity (Wildman–Crippen MR) is 88.4 cm³/mol. The fourth-order valence-electron chi connectivity index (χ4n) is 2.77. The van der Waals surface area contributed by atoms with Gasteiger partial charge in [0.05, 0.1) is 5.54 Å². The summed E-state index contributed by atoms with van der Waals surface area (Å²) in [5.41, 5.74) is -0.242. The van der Waals surface area contributed by atoms with E-state index in [1.165, 1.54) is 0 Å². The fourth-order valence-corrected chi connectivity index (χ4v) is 6.23. The molecule has 0 saturated carbocycles. The van der Waals surface area contributed by atoms with Crippen molar-refractivity contribution in [3.63, 3.8) is 0 Å². The van der Waals surface area contributed by atoms with Gasteiger partial charge in [0, 0.05) is 26.2 Å². The van der Waals surface area contributed by atoms with Crippen molar-refractivity contribution in [1.29, 1.82) is 0 Å². The number of hydrogen-bond donors (Lipinski definition) is 0. The zero-order chi connectivity index (χ0) is 16.3. The zero-order valence-electron chi connectivity index (χ0n) is 14.7. The number of unbranched alkanes of at least 4 members (excludes halogenated alkanes) is 1. The highest BCUT2D eigenvalue weighted by molar-refractivity contribution is 6.66. The van der Waals surface area contributed by atoms with E-state index in [2.05, 4.69) is 13.8 Å². The van der Waals surface area contributed by atoms with Gasteiger partial charge in [-0.3, -0.25) is 4.79 Å². The van der Waals surface area contributed by atoms with Gasteiger partial charge in [-0.05, 0) is 26.7 Å². The SMILES string of the molecule is CCCCC(C)C(C(=O)CC)[Si](OCC)(OCC)OCC. The van der Waals surface area contributed by atoms with Crippen LogP contribution in [0.2, 0.25) is 5.54 Å². The average molecular weight is 319 g/mol. The lowest BCUT2D eigenvalue weighted by molar-refractivity contribution is -0.121. The van der Waals surface area contributed by atoms with E-state index in [1.807, 2.05) is 27.7 Å². The molecule has 0 radical (unpaired) electrons. The van der Waals surface area contributed by atoms with Gasteiger partial charge in [0.15, 0.2) is 0 Å². The average Bonchev–Trinajstić information content (AvgIpc) is 2.45. The Kier molecular flexibility index (Phi) is 11.2. The molecule has 0 aliphatic carbocycles. The number of carbonyl (C=O) groups excluding carboxylic acids is 1. The summed E-state index contributed by atoms with van der Waals surface area (Å²) in [6.45, 7) is 13.6. The maximum absolute atomic E-state index is 12.6. The summed E-state index contributed by atoms with van der Waals surface area (Å²) in [7, 11) is -2.97. The molecule has 0 rings (SSSR count). The van der Waals surface area contributed by atoms with Crippen molar-refractivity contribution in [2.45, 2.75) is 72.8 Å². The highest BCUT2D eigenvalue weighted by Gasteiger charge is 2.54. The van der Waals surface area contributed by atoms with Gasteiger partial charge in [0.1, 0.15) is 5.78 Å². The number of Topliss-reactive ketones (excluding diaryl/α,β-unsaturated/α-hetero) is 1. The van der Waals surface area contributed by atoms with Crippen LogP contribution in [-0.4, -0.2) is 34.4 Å². The summed E-state index contributed by atoms with van der Waals surface area (Å²) in [5.74, 6) is 0.439. The van der Waals surface area contributed by atoms with Crippen LogP contribution in [0.5, 0.6) is 0 Å². The van der Waals surface area contributed by atoms with E-state index < -0.39 is 8.80 Å². The maximum Gasteiger partial charge on any atom is 0.512 e. The molecule has 21 heavy (non-hydrogen) atoms. The largest absolute Gasteiger partial charge is 0.512 e. The summed E-state index contributed by atoms with van der Waals surface area (Å²) in [5, 5.41) is 0. The van der Waals surface area contributed by atoms with Crippen molar-refractivity contribution in [2.75, 3.05) is 19.8 Å². The van der Waals surface area contributed by atoms with Crippen molar-refractivity contribution in [2.24, 2.45) is 5.92 Å². The Hall–Kier alpha value is -0.233. The molecule has 0 fully saturated rings. The van der Waals surface area contributed by atoms with Gasteiger partial charge in [-0.15, -0.1) is 0 Å². The Labute approximate surface area is 131 Å². The van der Waals surface area contributed by atoms with E-state index >= 15 is 0 Å². The molecular weight excluding hydrogens is 284 g/mol. The molecule has 2 atom stereocenters. The zero-order valence-corrected chi connectivity index (χ0v) is 15.7. The van der Waals surface area contributed by atoms with Gasteiger partial charge in [-0.1, -0.05) is 40.0 Å². The third-order valence-electron chi connectivity index (χ3n) is 3.69. The maximum atomic E-state index is 12.6. The van der Waals surface area contributed by atoms with Crippen LogP contribution in [0.4, 0.5) is 0 Å². The minimum Gasteiger partial charge on any atom is -0.373 e. The van der Waals surface area contributed by atoms with Crippen LogP contribution in [0.1, 0.15) is 67.2 Å². The van der Waals surface area contributed by atoms with Crippen molar-refractivity contribution in [3.8, 4) is 0 Å². The molecule has 0 aliphatic heterocycles. The van der Waals surface area contributed by atoms with Crippen LogP contribution in [0, 0.1) is 5.92 Å². The monoisotopic (exact) mass is 318 g/mol. The van der Waals surface area contributed by atoms with Crippen LogP contribution >= 0.6 is 0 Å². The first-order valence-electron chi connectivity index (χ1n) is 8.47. The standard InChI is InChI=1S/C16H34O4Si/c1-7-12-13-14(6)16(15(17)8-2)21(18-9-3,19-10-4)20-11-5/h14,16H,7-13H2,1-6H3. The van der Waals surface area contributed by atoms with E-state index in [1.54, 1.807) is 0 Å². The summed E-state index contributed by atoms with van der Waals surface area (Å²) in [6, 6.07) is 0. The molecule has 0 heterocycles. The molecule has 0 N–H and O–H groups in total. The molecule has 5 heteroatoms. The molecule has 126 valence electrons. The van der Waals surface area contributed by atoms with Crippen LogP contribution < -0.4 is 0 Å². The number of hydrogen-bond acceptors (Lipinski definition) is 4. The minimum absolute atomic E-state index is 0.209. The van der Waals surface area contributed by atoms with Gasteiger partial charge >= 0.3 is 8.80 Å². The van der Waals surface area contributed by atoms with Gasteiger partial charge in [-0.25, -0.2) is 0 Å². The Morgan fingerprint density at radius 3 is 1.76 bits per heavy atom. The predicted octanol–water partition coefficient (Wildman–Crippen LogP) is 4.21. The van der Waals surface area contributed by atoms with Crippen molar-refractivity contribution >= 4 is 14.6 Å². The van der Waals surface area contributed by atoms with Gasteiger partial charge in [0.25, 0.3) is 0 Å². The molecule has 0 aliphatic rings. The van der Waals surface area contributed by atoms with Crippen molar-refractivity contribution < 1.29 is 18.1 Å². The first-order valence-corrected chi connectivity index (χ1v) is 10.3. The van der Waals surface area contributed by atoms with Crippen LogP contribution in [0.25, 0.3) is 0 Å². The normalized spacial score (nSPS) is 15.0. The molecule has 2 unspecified atom stereocenters. The highest BCUT2D eigenvalue weighted by Crippen LogP contribution is 2.37. The third kappa shape index (κ3) is 6.18. The summed E-state index contributed by atoms with van der Waals surface area (Å²) < 4.78 is 17.9. The topological polar surface area (TPSA) is 44.8 Å². The van der Waals surface area contributed by atoms with Gasteiger partial charge in [0.2, 0.25) is 0 Å². The number of ketones is 1. The molecule has 0 spiro atoms. The molecule has 0 aromatic carbocycles. The van der Waals surface area contributed by atoms with Crippen LogP contribution in [0.15, 0.2) is 0 Å². The van der Waals surface area contributed by atoms with E-state index in [-0.39, 0.29) is 17.2 Å². The highest BCUT2D eigenvalue weighted by atomic mass is 28.4. The molecule has 0 amide bonds. The Balaban J connectivity index is 5.46. The summed E-state index contributed by atoms with van der Waals surface area (Å²) in [4.78, 5) is 12.6. The Morgan fingerprint density at radius 1 is 0.952 bits per heavy atom. The molecule has 4 nitrogen and oxygen atoms in total. The quantitative estimate of drug-likeness (QED) is 0.477. The first-order chi connectivity index (χ1) is 10.0. The number of carbonyl (C=O) groups is 1. The summed E-state index contributed by atoms with van der Waals surface area (Å²) in [6.07, 6.45) is 3.76. The second kappa shape index (κ2) is 11.3. The molecule has 0 bridgehead atoms. The smallest absolute Gasteiger partial charge is 0.373 e. The van der Waals surface area contributed by atoms with Crippen molar-refractivity contribution in [3.05, 3.63) is 0 Å². The van der Waals surface area contributed by atoms with Crippen molar-refractivity contribution in [1.82, 2.24) is 0 Å². The second-order valence-corrected chi connectivity index (χ2v) is 8.01. The van der Waals surface area contributed by atoms with E-state index in [0.29, 0.717) is 26.2 Å². The van der Waals surface area contributed by atoms with E-state index in [9.17, 15) is 4.79 Å². The second-order valence-electron chi connectivity index (χ2n) is 5.32. The lowest BCUT2D eigenvalue weighted by Gasteiger charge is -2.37. The van der Waals surface area contributed by atoms with Gasteiger partial charge < -0.3 is 13.3 Å². The van der Waals surface area contributed by atoms with Crippen LogP contribution in [0.3, 0.4) is 0 Å². The molecule has 0 aromatic heterocycles. The third-order valence-corrected chi connectivity index (χ3v) is 7.42. The molecule has 0 aromatic rings. The first kappa shape index (κ1) is 20.8. The van der Waals surface area contributed by atoms with Gasteiger partial charge in [-0.2, -0.15) is 0 Å². The summed E-state index contributed by atoms with van der Waals surface area (Å²) >= 11 is 0. The molecular formula is C16H34O4Si. The molecule has 0 saturated heterocycles. The van der Waals surface area contributed by atoms with E-state index in [4.69, 9.17) is 13.3 Å². The minimum atomic E-state index is -2.97. The Bertz CT molecular complexity index is 266. The lowest BCUT2D eigenvalue weighted by Crippen LogP contribution is -2.54. The Morgan fingerprint density at radius 2 is 1.43 bits per heavy atom. The van der Waals surface area contributed by atoms with Crippen LogP contribution in [-0.2, 0) is 18.1 Å². The van der Waals surface area contributed by atoms with E-state index in [0.717, 1.165) is 19.3 Å². The lowest BCUT2D eigenvalue weighted by atomic mass is 9.96.